The Morgan fingerprint density at radius 1 is 1.11 bits per heavy atom. The summed E-state index contributed by atoms with van der Waals surface area (Å²) >= 11 is 2.71. The first-order chi connectivity index (χ1) is 21.6. The number of ether oxygens (including phenoxy) is 1. The normalized spacial score (nSPS) is 16.0. The number of rotatable bonds is 14. The highest BCUT2D eigenvalue weighted by Gasteiger charge is 2.55. The Kier molecular flexibility index (Phi) is 11.0. The van der Waals surface area contributed by atoms with Crippen molar-refractivity contribution in [3.05, 3.63) is 32.6 Å². The van der Waals surface area contributed by atoms with Crippen molar-refractivity contribution < 1.29 is 28.7 Å². The predicted molar refractivity (Wildman–Crippen MR) is 175 cm³/mol. The zero-order chi connectivity index (χ0) is 33.8. The molecule has 0 saturated heterocycles. The molecule has 0 bridgehead atoms. The van der Waals surface area contributed by atoms with Gasteiger partial charge < -0.3 is 30.5 Å². The molecular weight excluding hydrogens is 631 g/mol. The third kappa shape index (κ3) is 9.19. The molecule has 1 aliphatic carbocycles. The number of carbonyl (C=O) groups excluding carboxylic acids is 5. The summed E-state index contributed by atoms with van der Waals surface area (Å²) in [5.41, 5.74) is 0.303. The van der Waals surface area contributed by atoms with E-state index >= 15 is 0 Å². The topological polar surface area (TPSA) is 163 Å². The Bertz CT molecular complexity index is 1520. The Balaban J connectivity index is 1.35. The molecule has 0 radical (unpaired) electrons. The minimum Gasteiger partial charge on any atom is -0.444 e. The third-order valence-corrected chi connectivity index (χ3v) is 9.23. The molecule has 1 atom stereocenters. The molecule has 1 aliphatic heterocycles. The van der Waals surface area contributed by atoms with E-state index in [-0.39, 0.29) is 48.6 Å². The van der Waals surface area contributed by atoms with Gasteiger partial charge in [-0.3, -0.25) is 19.2 Å². The fraction of sp³-hybridized carbons (Fsp3) is 0.581. The van der Waals surface area contributed by atoms with E-state index < -0.39 is 23.1 Å². The molecule has 4 amide bonds. The molecule has 3 heterocycles. The number of hydrogen-bond acceptors (Lipinski definition) is 11. The van der Waals surface area contributed by atoms with Crippen molar-refractivity contribution in [3.63, 3.8) is 0 Å². The smallest absolute Gasteiger partial charge is 0.407 e. The van der Waals surface area contributed by atoms with Crippen LogP contribution in [0.15, 0.2) is 21.9 Å². The van der Waals surface area contributed by atoms with Gasteiger partial charge in [-0.15, -0.1) is 22.7 Å². The van der Waals surface area contributed by atoms with Gasteiger partial charge in [0.2, 0.25) is 5.91 Å². The van der Waals surface area contributed by atoms with E-state index in [1.54, 1.807) is 40.1 Å². The molecule has 46 heavy (non-hydrogen) atoms. The lowest BCUT2D eigenvalue weighted by atomic mass is 9.94. The first-order valence-electron chi connectivity index (χ1n) is 15.2. The lowest BCUT2D eigenvalue weighted by Gasteiger charge is -2.22. The van der Waals surface area contributed by atoms with Gasteiger partial charge in [0, 0.05) is 43.4 Å². The maximum atomic E-state index is 13.4. The number of ketones is 1. The molecule has 2 aliphatic rings. The summed E-state index contributed by atoms with van der Waals surface area (Å²) in [6, 6.07) is -0.348. The Morgan fingerprint density at radius 3 is 2.48 bits per heavy atom. The maximum Gasteiger partial charge on any atom is 0.407 e. The quantitative estimate of drug-likeness (QED) is 0.256. The average Bonchev–Trinajstić information content (AvgIpc) is 3.26. The minimum atomic E-state index is -0.641. The van der Waals surface area contributed by atoms with Crippen molar-refractivity contribution in [3.8, 4) is 10.7 Å². The molecular formula is C31H43N7O6S2. The SMILES string of the molecule is C[C@@H](CCC(=O)C1=C(CC(=O)N(C)Cc2nc(-c3nc(C(=O)NCCN(C)C)cs3)cs2)C2(CC2)NC1=O)NC(=O)OC(C)(C)C. The molecule has 250 valence electrons. The first-order valence-corrected chi connectivity index (χ1v) is 17.0. The van der Waals surface area contributed by atoms with E-state index in [2.05, 4.69) is 25.9 Å². The van der Waals surface area contributed by atoms with Gasteiger partial charge in [0.05, 0.1) is 24.1 Å². The second kappa shape index (κ2) is 14.4. The molecule has 3 N–H and O–H groups in total. The van der Waals surface area contributed by atoms with Gasteiger partial charge in [0.1, 0.15) is 27.0 Å². The molecule has 1 saturated carbocycles. The number of amides is 4. The van der Waals surface area contributed by atoms with Gasteiger partial charge in [0.15, 0.2) is 5.78 Å². The van der Waals surface area contributed by atoms with Gasteiger partial charge >= 0.3 is 6.09 Å². The Morgan fingerprint density at radius 2 is 1.83 bits per heavy atom. The van der Waals surface area contributed by atoms with Crippen LogP contribution < -0.4 is 16.0 Å². The molecule has 13 nitrogen and oxygen atoms in total. The van der Waals surface area contributed by atoms with Crippen molar-refractivity contribution in [2.45, 2.75) is 83.5 Å². The van der Waals surface area contributed by atoms with Crippen LogP contribution in [0.2, 0.25) is 0 Å². The number of aromatic nitrogens is 2. The molecule has 1 fully saturated rings. The standard InChI is InChI=1S/C31H43N7O6S2/c1-18(33-29(43)44-30(2,3)4)8-9-22(39)25-19(31(10-11-31)36-27(25)42)14-24(40)38(7)15-23-34-21(17-45-23)28-35-20(16-46-28)26(41)32-12-13-37(5)6/h16-18H,8-15H2,1-7H3,(H,32,41)(H,33,43)(H,36,42)/t18-/m0/s1. The second-order valence-electron chi connectivity index (χ2n) is 13.0. The summed E-state index contributed by atoms with van der Waals surface area (Å²) in [6.07, 6.45) is 1.09. The number of nitrogens with zero attached hydrogens (tertiary/aromatic N) is 4. The largest absolute Gasteiger partial charge is 0.444 e. The monoisotopic (exact) mass is 673 g/mol. The van der Waals surface area contributed by atoms with Crippen molar-refractivity contribution in [2.24, 2.45) is 0 Å². The van der Waals surface area contributed by atoms with E-state index in [1.807, 2.05) is 24.4 Å². The Hall–Kier alpha value is -3.69. The van der Waals surface area contributed by atoms with Crippen LogP contribution in [-0.2, 0) is 25.7 Å². The number of carbonyl (C=O) groups is 5. The number of Topliss-reactive ketones (excluding diaryl/α,β-unsaturated/α-hetero) is 1. The van der Waals surface area contributed by atoms with Crippen molar-refractivity contribution in [1.82, 2.24) is 35.7 Å². The summed E-state index contributed by atoms with van der Waals surface area (Å²) in [5, 5.41) is 13.3. The number of thiazole rings is 2. The molecule has 15 heteroatoms. The van der Waals surface area contributed by atoms with Crippen LogP contribution in [-0.4, -0.2) is 101 Å². The number of likely N-dealkylation sites (N-methyl/N-ethyl adjacent to an activating group) is 1. The van der Waals surface area contributed by atoms with Crippen molar-refractivity contribution in [2.75, 3.05) is 34.2 Å². The predicted octanol–water partition coefficient (Wildman–Crippen LogP) is 3.13. The number of alkyl carbamates (subject to hydrolysis) is 1. The van der Waals surface area contributed by atoms with Gasteiger partial charge in [-0.2, -0.15) is 0 Å². The Labute approximate surface area is 277 Å². The molecule has 0 aromatic carbocycles. The van der Waals surface area contributed by atoms with Crippen LogP contribution in [0.3, 0.4) is 0 Å². The van der Waals surface area contributed by atoms with E-state index in [9.17, 15) is 24.0 Å². The molecule has 4 rings (SSSR count). The highest BCUT2D eigenvalue weighted by Crippen LogP contribution is 2.49. The first kappa shape index (κ1) is 35.2. The van der Waals surface area contributed by atoms with Gasteiger partial charge in [-0.05, 0) is 66.6 Å². The summed E-state index contributed by atoms with van der Waals surface area (Å²) < 4.78 is 5.27. The third-order valence-electron chi connectivity index (χ3n) is 7.53. The van der Waals surface area contributed by atoms with E-state index in [1.165, 1.54) is 27.6 Å². The molecule has 0 unspecified atom stereocenters. The van der Waals surface area contributed by atoms with Crippen LogP contribution >= 0.6 is 22.7 Å². The summed E-state index contributed by atoms with van der Waals surface area (Å²) in [4.78, 5) is 76.6. The van der Waals surface area contributed by atoms with Crippen molar-refractivity contribution >= 4 is 52.3 Å². The maximum absolute atomic E-state index is 13.4. The molecule has 1 spiro atoms. The lowest BCUT2D eigenvalue weighted by Crippen LogP contribution is -2.38. The van der Waals surface area contributed by atoms with E-state index in [0.29, 0.717) is 52.8 Å². The van der Waals surface area contributed by atoms with Crippen LogP contribution in [0.5, 0.6) is 0 Å². The molecule has 2 aromatic rings. The zero-order valence-electron chi connectivity index (χ0n) is 27.4. The second-order valence-corrected chi connectivity index (χ2v) is 14.8. The van der Waals surface area contributed by atoms with Crippen LogP contribution in [0, 0.1) is 0 Å². The van der Waals surface area contributed by atoms with Crippen LogP contribution in [0.4, 0.5) is 4.79 Å². The summed E-state index contributed by atoms with van der Waals surface area (Å²) in [5.74, 6) is -1.26. The molecule has 2 aromatic heterocycles. The lowest BCUT2D eigenvalue weighted by molar-refractivity contribution is -0.129. The fourth-order valence-electron chi connectivity index (χ4n) is 4.93. The van der Waals surface area contributed by atoms with Crippen LogP contribution in [0.25, 0.3) is 10.7 Å². The minimum absolute atomic E-state index is 0.0431. The van der Waals surface area contributed by atoms with E-state index in [0.717, 1.165) is 6.54 Å². The fourth-order valence-corrected chi connectivity index (χ4v) is 6.59. The number of hydrogen-bond donors (Lipinski definition) is 3. The zero-order valence-corrected chi connectivity index (χ0v) is 29.1. The van der Waals surface area contributed by atoms with Gasteiger partial charge in [-0.1, -0.05) is 0 Å². The van der Waals surface area contributed by atoms with Gasteiger partial charge in [0.25, 0.3) is 11.8 Å². The summed E-state index contributed by atoms with van der Waals surface area (Å²) in [6.45, 7) is 8.55. The van der Waals surface area contributed by atoms with Gasteiger partial charge in [-0.25, -0.2) is 14.8 Å². The average molecular weight is 674 g/mol. The van der Waals surface area contributed by atoms with Crippen LogP contribution in [0.1, 0.15) is 75.3 Å². The van der Waals surface area contributed by atoms with E-state index in [4.69, 9.17) is 4.74 Å². The highest BCUT2D eigenvalue weighted by atomic mass is 32.1. The van der Waals surface area contributed by atoms with Crippen molar-refractivity contribution in [1.29, 1.82) is 0 Å². The summed E-state index contributed by atoms with van der Waals surface area (Å²) in [7, 11) is 5.53. The highest BCUT2D eigenvalue weighted by molar-refractivity contribution is 7.14. The number of nitrogens with one attached hydrogen (secondary N) is 3.